The number of ether oxygens (including phenoxy) is 1. The van der Waals surface area contributed by atoms with E-state index in [0.717, 1.165) is 16.6 Å². The zero-order valence-corrected chi connectivity index (χ0v) is 14.3. The van der Waals surface area contributed by atoms with Gasteiger partial charge in [-0.25, -0.2) is 4.79 Å². The lowest BCUT2D eigenvalue weighted by Crippen LogP contribution is -2.44. The van der Waals surface area contributed by atoms with Crippen molar-refractivity contribution in [2.24, 2.45) is 5.92 Å². The van der Waals surface area contributed by atoms with Gasteiger partial charge < -0.3 is 10.1 Å². The lowest BCUT2D eigenvalue weighted by atomic mass is 10.0. The molecule has 1 rings (SSSR count). The van der Waals surface area contributed by atoms with E-state index >= 15 is 0 Å². The van der Waals surface area contributed by atoms with Gasteiger partial charge in [-0.15, -0.1) is 11.3 Å². The number of carbonyl (C=O) groups excluding carboxylic acids is 2. The third-order valence-electron chi connectivity index (χ3n) is 2.89. The van der Waals surface area contributed by atoms with Crippen molar-refractivity contribution in [3.05, 3.63) is 20.8 Å². The van der Waals surface area contributed by atoms with Crippen LogP contribution in [-0.4, -0.2) is 25.0 Å². The van der Waals surface area contributed by atoms with E-state index in [0.29, 0.717) is 6.42 Å². The molecule has 1 amide bonds. The molecule has 0 aliphatic heterocycles. The van der Waals surface area contributed by atoms with Crippen molar-refractivity contribution in [2.45, 2.75) is 39.2 Å². The number of rotatable bonds is 7. The molecule has 1 heterocycles. The minimum absolute atomic E-state index is 0.0136. The Morgan fingerprint density at radius 1 is 1.40 bits per heavy atom. The second-order valence-electron chi connectivity index (χ2n) is 4.87. The summed E-state index contributed by atoms with van der Waals surface area (Å²) in [6, 6.07) is 3.49. The first kappa shape index (κ1) is 17.2. The Morgan fingerprint density at radius 2 is 2.10 bits per heavy atom. The number of esters is 1. The molecule has 1 aromatic heterocycles. The monoisotopic (exact) mass is 361 g/mol. The van der Waals surface area contributed by atoms with Crippen molar-refractivity contribution in [1.82, 2.24) is 5.32 Å². The summed E-state index contributed by atoms with van der Waals surface area (Å²) < 4.78 is 5.79. The Kier molecular flexibility index (Phi) is 7.23. The Bertz CT molecular complexity index is 459. The molecule has 1 unspecified atom stereocenters. The topological polar surface area (TPSA) is 55.4 Å². The second-order valence-corrected chi connectivity index (χ2v) is 7.42. The van der Waals surface area contributed by atoms with E-state index in [1.807, 2.05) is 19.9 Å². The second kappa shape index (κ2) is 8.42. The van der Waals surface area contributed by atoms with Gasteiger partial charge in [0.05, 0.1) is 10.9 Å². The van der Waals surface area contributed by atoms with Crippen molar-refractivity contribution < 1.29 is 14.3 Å². The van der Waals surface area contributed by atoms with Crippen molar-refractivity contribution in [3.8, 4) is 0 Å². The van der Waals surface area contributed by atoms with Crippen LogP contribution < -0.4 is 5.32 Å². The summed E-state index contributed by atoms with van der Waals surface area (Å²) in [5.41, 5.74) is 0. The summed E-state index contributed by atoms with van der Waals surface area (Å²) >= 11 is 5.09. The predicted molar refractivity (Wildman–Crippen MR) is 83.7 cm³/mol. The third-order valence-corrected chi connectivity index (χ3v) is 4.58. The maximum atomic E-state index is 11.8. The van der Waals surface area contributed by atoms with Crippen LogP contribution in [0, 0.1) is 5.92 Å². The Balaban J connectivity index is 2.36. The Labute approximate surface area is 132 Å². The van der Waals surface area contributed by atoms with Gasteiger partial charge in [0.15, 0.2) is 0 Å². The average molecular weight is 362 g/mol. The van der Waals surface area contributed by atoms with E-state index in [1.54, 1.807) is 11.3 Å². The molecule has 4 nitrogen and oxygen atoms in total. The number of amides is 1. The predicted octanol–water partition coefficient (Wildman–Crippen LogP) is 3.15. The number of nitrogens with one attached hydrogen (secondary N) is 1. The molecule has 6 heteroatoms. The largest absolute Gasteiger partial charge is 0.467 e. The number of hydrogen-bond acceptors (Lipinski definition) is 4. The highest BCUT2D eigenvalue weighted by molar-refractivity contribution is 9.11. The van der Waals surface area contributed by atoms with Crippen molar-refractivity contribution in [2.75, 3.05) is 7.11 Å². The van der Waals surface area contributed by atoms with E-state index in [9.17, 15) is 9.59 Å². The highest BCUT2D eigenvalue weighted by Crippen LogP contribution is 2.23. The van der Waals surface area contributed by atoms with Crippen LogP contribution in [0.1, 0.15) is 31.6 Å². The zero-order chi connectivity index (χ0) is 15.1. The van der Waals surface area contributed by atoms with Crippen molar-refractivity contribution >= 4 is 39.1 Å². The van der Waals surface area contributed by atoms with Gasteiger partial charge in [0, 0.05) is 11.3 Å². The molecule has 0 saturated heterocycles. The van der Waals surface area contributed by atoms with Crippen molar-refractivity contribution in [3.63, 3.8) is 0 Å². The number of carbonyl (C=O) groups is 2. The first-order chi connectivity index (χ1) is 9.43. The van der Waals surface area contributed by atoms with Crippen LogP contribution in [0.2, 0.25) is 0 Å². The van der Waals surface area contributed by atoms with Crippen LogP contribution in [0.4, 0.5) is 0 Å². The van der Waals surface area contributed by atoms with Gasteiger partial charge in [0.25, 0.3) is 0 Å². The van der Waals surface area contributed by atoms with Crippen molar-refractivity contribution in [1.29, 1.82) is 0 Å². The van der Waals surface area contributed by atoms with Gasteiger partial charge in [-0.05, 0) is 46.8 Å². The van der Waals surface area contributed by atoms with E-state index in [2.05, 4.69) is 27.3 Å². The quantitative estimate of drug-likeness (QED) is 0.759. The fourth-order valence-electron chi connectivity index (χ4n) is 1.78. The number of halogens is 1. The van der Waals surface area contributed by atoms with Gasteiger partial charge in [0.2, 0.25) is 5.91 Å². The highest BCUT2D eigenvalue weighted by Gasteiger charge is 2.24. The molecule has 0 saturated carbocycles. The third kappa shape index (κ3) is 5.63. The fourth-order valence-corrected chi connectivity index (χ4v) is 3.30. The molecule has 0 fully saturated rings. The van der Waals surface area contributed by atoms with Gasteiger partial charge in [-0.2, -0.15) is 0 Å². The normalized spacial score (nSPS) is 12.2. The number of aryl methyl sites for hydroxylation is 1. The lowest BCUT2D eigenvalue weighted by Gasteiger charge is -2.19. The van der Waals surface area contributed by atoms with Crippen LogP contribution in [0.5, 0.6) is 0 Å². The first-order valence-corrected chi connectivity index (χ1v) is 8.16. The molecule has 0 aliphatic rings. The molecule has 0 spiro atoms. The minimum Gasteiger partial charge on any atom is -0.467 e. The summed E-state index contributed by atoms with van der Waals surface area (Å²) in [4.78, 5) is 24.6. The lowest BCUT2D eigenvalue weighted by molar-refractivity contribution is -0.146. The Hall–Kier alpha value is -0.880. The van der Waals surface area contributed by atoms with Crippen LogP contribution in [-0.2, 0) is 20.7 Å². The SMILES string of the molecule is COC(=O)C(NC(=O)CCCc1ccc(Br)s1)C(C)C. The van der Waals surface area contributed by atoms with E-state index in [4.69, 9.17) is 4.74 Å². The molecule has 1 atom stereocenters. The summed E-state index contributed by atoms with van der Waals surface area (Å²) in [6.07, 6.45) is 2.05. The maximum Gasteiger partial charge on any atom is 0.328 e. The summed E-state index contributed by atoms with van der Waals surface area (Å²) in [6.45, 7) is 3.76. The Morgan fingerprint density at radius 3 is 2.60 bits per heavy atom. The van der Waals surface area contributed by atoms with Gasteiger partial charge >= 0.3 is 5.97 Å². The molecule has 1 aromatic rings. The van der Waals surface area contributed by atoms with Crippen LogP contribution >= 0.6 is 27.3 Å². The number of methoxy groups -OCH3 is 1. The van der Waals surface area contributed by atoms with E-state index in [1.165, 1.54) is 12.0 Å². The number of thiophene rings is 1. The van der Waals surface area contributed by atoms with Crippen LogP contribution in [0.25, 0.3) is 0 Å². The van der Waals surface area contributed by atoms with Gasteiger partial charge in [-0.1, -0.05) is 13.8 Å². The maximum absolute atomic E-state index is 11.8. The minimum atomic E-state index is -0.566. The molecule has 0 aliphatic carbocycles. The molecule has 1 N–H and O–H groups in total. The molecule has 20 heavy (non-hydrogen) atoms. The molecular weight excluding hydrogens is 342 g/mol. The molecule has 112 valence electrons. The van der Waals surface area contributed by atoms with Crippen LogP contribution in [0.15, 0.2) is 15.9 Å². The van der Waals surface area contributed by atoms with E-state index < -0.39 is 12.0 Å². The first-order valence-electron chi connectivity index (χ1n) is 6.55. The smallest absolute Gasteiger partial charge is 0.328 e. The standard InChI is InChI=1S/C14H20BrNO3S/c1-9(2)13(14(18)19-3)16-12(17)6-4-5-10-7-8-11(15)20-10/h7-9,13H,4-6H2,1-3H3,(H,16,17). The molecule has 0 bridgehead atoms. The summed E-state index contributed by atoms with van der Waals surface area (Å²) in [7, 11) is 1.33. The van der Waals surface area contributed by atoms with E-state index in [-0.39, 0.29) is 11.8 Å². The highest BCUT2D eigenvalue weighted by atomic mass is 79.9. The van der Waals surface area contributed by atoms with Crippen LogP contribution in [0.3, 0.4) is 0 Å². The fraction of sp³-hybridized carbons (Fsp3) is 0.571. The average Bonchev–Trinajstić information content (AvgIpc) is 2.80. The molecular formula is C14H20BrNO3S. The summed E-state index contributed by atoms with van der Waals surface area (Å²) in [5, 5.41) is 2.74. The number of hydrogen-bond donors (Lipinski definition) is 1. The summed E-state index contributed by atoms with van der Waals surface area (Å²) in [5.74, 6) is -0.486. The van der Waals surface area contributed by atoms with Gasteiger partial charge in [0.1, 0.15) is 6.04 Å². The molecule has 0 aromatic carbocycles. The molecule has 0 radical (unpaired) electrons. The van der Waals surface area contributed by atoms with Gasteiger partial charge in [-0.3, -0.25) is 4.79 Å². The zero-order valence-electron chi connectivity index (χ0n) is 11.9.